The number of rotatable bonds is 5. The zero-order valence-corrected chi connectivity index (χ0v) is 9.69. The summed E-state index contributed by atoms with van der Waals surface area (Å²) in [7, 11) is 3.60. The third kappa shape index (κ3) is 3.33. The highest BCUT2D eigenvalue weighted by molar-refractivity contribution is 8.77. The Morgan fingerprint density at radius 3 is 2.75 bits per heavy atom. The summed E-state index contributed by atoms with van der Waals surface area (Å²) < 4.78 is 1.09. The van der Waals surface area contributed by atoms with Crippen molar-refractivity contribution >= 4 is 32.9 Å². The van der Waals surface area contributed by atoms with Gasteiger partial charge in [0.15, 0.2) is 4.34 Å². The van der Waals surface area contributed by atoms with Gasteiger partial charge in [0, 0.05) is 5.75 Å². The molecule has 0 bridgehead atoms. The molecular weight excluding hydrogens is 208 g/mol. The van der Waals surface area contributed by atoms with E-state index in [2.05, 4.69) is 24.0 Å². The lowest BCUT2D eigenvalue weighted by atomic mass is 10.5. The molecule has 1 aromatic rings. The number of hydrogen-bond acceptors (Lipinski definition) is 5. The summed E-state index contributed by atoms with van der Waals surface area (Å²) in [5.74, 6) is 1.19. The van der Waals surface area contributed by atoms with Crippen LogP contribution in [-0.2, 0) is 6.42 Å². The lowest BCUT2D eigenvalue weighted by Gasteiger charge is -1.91. The molecule has 0 unspecified atom stereocenters. The Morgan fingerprint density at radius 1 is 1.33 bits per heavy atom. The van der Waals surface area contributed by atoms with Gasteiger partial charge in [-0.2, -0.15) is 0 Å². The van der Waals surface area contributed by atoms with Crippen LogP contribution in [0.25, 0.3) is 0 Å². The van der Waals surface area contributed by atoms with E-state index < -0.39 is 0 Å². The number of hydrogen-bond donors (Lipinski definition) is 0. The second-order valence-electron chi connectivity index (χ2n) is 2.22. The van der Waals surface area contributed by atoms with E-state index in [0.29, 0.717) is 0 Å². The maximum absolute atomic E-state index is 4.07. The summed E-state index contributed by atoms with van der Waals surface area (Å²) in [5.41, 5.74) is 0. The summed E-state index contributed by atoms with van der Waals surface area (Å²) in [5, 5.41) is 9.25. The first-order valence-electron chi connectivity index (χ1n) is 3.98. The third-order valence-electron chi connectivity index (χ3n) is 1.17. The van der Waals surface area contributed by atoms with Crippen LogP contribution in [0.5, 0.6) is 0 Å². The first-order valence-corrected chi connectivity index (χ1v) is 7.12. The molecule has 2 nitrogen and oxygen atoms in total. The van der Waals surface area contributed by atoms with Crippen molar-refractivity contribution in [2.45, 2.75) is 31.0 Å². The molecule has 12 heavy (non-hydrogen) atoms. The van der Waals surface area contributed by atoms with Crippen molar-refractivity contribution in [2.24, 2.45) is 0 Å². The Labute approximate surface area is 85.0 Å². The number of nitrogens with zero attached hydrogens (tertiary/aromatic N) is 2. The monoisotopic (exact) mass is 220 g/mol. The fourth-order valence-electron chi connectivity index (χ4n) is 0.590. The quantitative estimate of drug-likeness (QED) is 0.562. The van der Waals surface area contributed by atoms with Gasteiger partial charge in [-0.25, -0.2) is 0 Å². The Hall–Kier alpha value is 0.260. The number of aryl methyl sites for hydroxylation is 1. The van der Waals surface area contributed by atoms with Crippen LogP contribution in [0, 0.1) is 0 Å². The Balaban J connectivity index is 2.31. The molecule has 1 rings (SSSR count). The Bertz CT molecular complexity index is 224. The average molecular weight is 220 g/mol. The van der Waals surface area contributed by atoms with Gasteiger partial charge in [0.1, 0.15) is 5.01 Å². The van der Waals surface area contributed by atoms with Crippen LogP contribution in [0.15, 0.2) is 4.34 Å². The topological polar surface area (TPSA) is 25.8 Å². The average Bonchev–Trinajstić information content (AvgIpc) is 2.53. The second kappa shape index (κ2) is 5.83. The van der Waals surface area contributed by atoms with Gasteiger partial charge in [-0.05, 0) is 23.6 Å². The zero-order valence-electron chi connectivity index (χ0n) is 7.24. The van der Waals surface area contributed by atoms with E-state index in [1.165, 1.54) is 12.2 Å². The van der Waals surface area contributed by atoms with Crippen molar-refractivity contribution in [3.8, 4) is 0 Å². The van der Waals surface area contributed by atoms with E-state index in [1.54, 1.807) is 22.1 Å². The van der Waals surface area contributed by atoms with Gasteiger partial charge in [0.25, 0.3) is 0 Å². The molecule has 0 saturated carbocycles. The predicted octanol–water partition coefficient (Wildman–Crippen LogP) is 3.25. The van der Waals surface area contributed by atoms with E-state index in [0.717, 1.165) is 15.8 Å². The van der Waals surface area contributed by atoms with Crippen LogP contribution in [0.3, 0.4) is 0 Å². The highest BCUT2D eigenvalue weighted by Gasteiger charge is 2.02. The van der Waals surface area contributed by atoms with Gasteiger partial charge >= 0.3 is 0 Å². The molecule has 0 spiro atoms. The highest BCUT2D eigenvalue weighted by Crippen LogP contribution is 2.33. The summed E-state index contributed by atoms with van der Waals surface area (Å²) in [6.45, 7) is 4.29. The van der Waals surface area contributed by atoms with Crippen LogP contribution in [0.2, 0.25) is 0 Å². The highest BCUT2D eigenvalue weighted by atomic mass is 33.1. The first-order chi connectivity index (χ1) is 5.86. The summed E-state index contributed by atoms with van der Waals surface area (Å²) >= 11 is 1.70. The lowest BCUT2D eigenvalue weighted by Crippen LogP contribution is -1.75. The van der Waals surface area contributed by atoms with Crippen molar-refractivity contribution in [1.82, 2.24) is 10.2 Å². The maximum Gasteiger partial charge on any atom is 0.184 e. The molecule has 0 saturated heterocycles. The van der Waals surface area contributed by atoms with Crippen molar-refractivity contribution in [1.29, 1.82) is 0 Å². The lowest BCUT2D eigenvalue weighted by molar-refractivity contribution is 0.945. The van der Waals surface area contributed by atoms with E-state index >= 15 is 0 Å². The van der Waals surface area contributed by atoms with Crippen molar-refractivity contribution in [3.05, 3.63) is 5.01 Å². The van der Waals surface area contributed by atoms with Crippen molar-refractivity contribution in [3.63, 3.8) is 0 Å². The number of aromatic nitrogens is 2. The van der Waals surface area contributed by atoms with E-state index in [4.69, 9.17) is 0 Å². The summed E-state index contributed by atoms with van der Waals surface area (Å²) in [6, 6.07) is 0. The van der Waals surface area contributed by atoms with Crippen LogP contribution in [0.4, 0.5) is 0 Å². The molecule has 0 aliphatic carbocycles. The SMILES string of the molecule is CCCSSc1nnc(CC)s1. The molecule has 0 amide bonds. The minimum Gasteiger partial charge on any atom is -0.143 e. The standard InChI is InChI=1S/C7H12N2S3/c1-3-5-10-12-7-9-8-6(4-2)11-7/h3-5H2,1-2H3. The molecule has 0 N–H and O–H groups in total. The molecular formula is C7H12N2S3. The maximum atomic E-state index is 4.07. The van der Waals surface area contributed by atoms with E-state index in [1.807, 2.05) is 10.8 Å². The smallest absolute Gasteiger partial charge is 0.143 e. The minimum absolute atomic E-state index is 0.997. The van der Waals surface area contributed by atoms with E-state index in [9.17, 15) is 0 Å². The second-order valence-corrected chi connectivity index (χ2v) is 5.95. The van der Waals surface area contributed by atoms with Crippen LogP contribution in [-0.4, -0.2) is 16.0 Å². The van der Waals surface area contributed by atoms with Gasteiger partial charge in [0.05, 0.1) is 0 Å². The molecule has 0 aliphatic heterocycles. The molecule has 0 fully saturated rings. The summed E-state index contributed by atoms with van der Waals surface area (Å²) in [4.78, 5) is 0. The van der Waals surface area contributed by atoms with Crippen molar-refractivity contribution < 1.29 is 0 Å². The molecule has 1 heterocycles. The van der Waals surface area contributed by atoms with Crippen molar-refractivity contribution in [2.75, 3.05) is 5.75 Å². The van der Waals surface area contributed by atoms with Crippen LogP contribution in [0.1, 0.15) is 25.3 Å². The fraction of sp³-hybridized carbons (Fsp3) is 0.714. The Kier molecular flexibility index (Phi) is 5.02. The minimum atomic E-state index is 0.997. The molecule has 0 atom stereocenters. The molecule has 68 valence electrons. The molecule has 1 aromatic heterocycles. The van der Waals surface area contributed by atoms with Gasteiger partial charge in [-0.1, -0.05) is 36.0 Å². The van der Waals surface area contributed by atoms with E-state index in [-0.39, 0.29) is 0 Å². The third-order valence-corrected chi connectivity index (χ3v) is 5.09. The largest absolute Gasteiger partial charge is 0.184 e. The van der Waals surface area contributed by atoms with Gasteiger partial charge < -0.3 is 0 Å². The normalized spacial score (nSPS) is 10.5. The van der Waals surface area contributed by atoms with Crippen LogP contribution < -0.4 is 0 Å². The zero-order chi connectivity index (χ0) is 8.81. The first kappa shape index (κ1) is 10.3. The molecule has 0 aromatic carbocycles. The van der Waals surface area contributed by atoms with Gasteiger partial charge in [0.2, 0.25) is 0 Å². The molecule has 0 aliphatic rings. The Morgan fingerprint density at radius 2 is 2.17 bits per heavy atom. The predicted molar refractivity (Wildman–Crippen MR) is 57.9 cm³/mol. The molecule has 5 heteroatoms. The van der Waals surface area contributed by atoms with Gasteiger partial charge in [-0.15, -0.1) is 10.2 Å². The fourth-order valence-corrected chi connectivity index (χ4v) is 3.84. The summed E-state index contributed by atoms with van der Waals surface area (Å²) in [6.07, 6.45) is 2.22. The van der Waals surface area contributed by atoms with Gasteiger partial charge in [-0.3, -0.25) is 0 Å². The molecule has 0 radical (unpaired) electrons. The van der Waals surface area contributed by atoms with Crippen LogP contribution >= 0.6 is 32.9 Å².